The summed E-state index contributed by atoms with van der Waals surface area (Å²) >= 11 is 0. The first-order valence-electron chi connectivity index (χ1n) is 7.46. The zero-order valence-electron chi connectivity index (χ0n) is 13.5. The van der Waals surface area contributed by atoms with Crippen LogP contribution in [-0.2, 0) is 6.42 Å². The van der Waals surface area contributed by atoms with Crippen molar-refractivity contribution < 1.29 is 14.6 Å². The smallest absolute Gasteiger partial charge is 0.334 e. The molecule has 0 aliphatic carbocycles. The van der Waals surface area contributed by atoms with Crippen LogP contribution >= 0.6 is 0 Å². The molecule has 2 amide bonds. The average molecular weight is 327 g/mol. The lowest BCUT2D eigenvalue weighted by Crippen LogP contribution is -2.45. The molecule has 0 aromatic heterocycles. The minimum Gasteiger partial charge on any atom is -0.511 e. The number of hydrazine groups is 1. The van der Waals surface area contributed by atoms with Gasteiger partial charge in [-0.05, 0) is 36.2 Å². The summed E-state index contributed by atoms with van der Waals surface area (Å²) in [5.74, 6) is 0.628. The number of carbonyl (C=O) groups is 1. The molecular weight excluding hydrogens is 306 g/mol. The van der Waals surface area contributed by atoms with Crippen LogP contribution in [0.2, 0.25) is 0 Å². The molecule has 126 valence electrons. The predicted molar refractivity (Wildman–Crippen MR) is 94.0 cm³/mol. The molecule has 0 saturated carbocycles. The van der Waals surface area contributed by atoms with Crippen molar-refractivity contribution in [3.05, 3.63) is 72.5 Å². The van der Waals surface area contributed by atoms with Crippen LogP contribution in [0.1, 0.15) is 5.56 Å². The van der Waals surface area contributed by atoms with Gasteiger partial charge in [0.15, 0.2) is 0 Å². The average Bonchev–Trinajstić information content (AvgIpc) is 2.60. The maximum absolute atomic E-state index is 12.0. The summed E-state index contributed by atoms with van der Waals surface area (Å²) < 4.78 is 5.07. The predicted octanol–water partition coefficient (Wildman–Crippen LogP) is 3.00. The number of hydrogen-bond donors (Lipinski definition) is 4. The van der Waals surface area contributed by atoms with Crippen molar-refractivity contribution in [1.29, 1.82) is 0 Å². The van der Waals surface area contributed by atoms with Crippen molar-refractivity contribution in [3.63, 3.8) is 0 Å². The van der Waals surface area contributed by atoms with Crippen LogP contribution in [0.3, 0.4) is 0 Å². The first-order chi connectivity index (χ1) is 11.6. The number of amides is 2. The van der Waals surface area contributed by atoms with Crippen molar-refractivity contribution in [2.24, 2.45) is 0 Å². The second kappa shape index (κ2) is 8.47. The Balaban J connectivity index is 1.87. The van der Waals surface area contributed by atoms with E-state index in [0.717, 1.165) is 11.3 Å². The number of benzene rings is 2. The summed E-state index contributed by atoms with van der Waals surface area (Å²) in [6, 6.07) is 15.6. The van der Waals surface area contributed by atoms with Crippen molar-refractivity contribution >= 4 is 11.7 Å². The van der Waals surface area contributed by atoms with Gasteiger partial charge in [-0.2, -0.15) is 0 Å². The second-order valence-corrected chi connectivity index (χ2v) is 5.19. The molecule has 4 N–H and O–H groups in total. The van der Waals surface area contributed by atoms with Crippen LogP contribution in [0.15, 0.2) is 66.9 Å². The number of methoxy groups -OCH3 is 1. The van der Waals surface area contributed by atoms with Gasteiger partial charge in [0.1, 0.15) is 11.5 Å². The number of rotatable bonds is 7. The van der Waals surface area contributed by atoms with E-state index >= 15 is 0 Å². The Bertz CT molecular complexity index is 672. The standard InChI is InChI=1S/C18H21N3O3/c1-13(22)17(12-14-6-4-3-5-7-14)19-18(23)21-20-15-8-10-16(24-2)11-9-15/h3-11,17,20,22H,1,12H2,2H3,(H2,19,21,23). The Morgan fingerprint density at radius 2 is 1.83 bits per heavy atom. The van der Waals surface area contributed by atoms with E-state index in [0.29, 0.717) is 12.1 Å². The fourth-order valence-electron chi connectivity index (χ4n) is 2.10. The highest BCUT2D eigenvalue weighted by atomic mass is 16.5. The van der Waals surface area contributed by atoms with Crippen LogP contribution < -0.4 is 20.9 Å². The summed E-state index contributed by atoms with van der Waals surface area (Å²) in [6.07, 6.45) is 0.451. The number of ether oxygens (including phenoxy) is 1. The molecule has 0 aliphatic heterocycles. The summed E-state index contributed by atoms with van der Waals surface area (Å²) in [6.45, 7) is 3.52. The van der Waals surface area contributed by atoms with Gasteiger partial charge in [-0.15, -0.1) is 0 Å². The molecule has 1 atom stereocenters. The van der Waals surface area contributed by atoms with E-state index in [2.05, 4.69) is 22.7 Å². The first kappa shape index (κ1) is 17.2. The Morgan fingerprint density at radius 3 is 2.42 bits per heavy atom. The van der Waals surface area contributed by atoms with Crippen molar-refractivity contribution in [2.45, 2.75) is 12.5 Å². The minimum absolute atomic E-state index is 0.0987. The molecule has 24 heavy (non-hydrogen) atoms. The van der Waals surface area contributed by atoms with E-state index in [-0.39, 0.29) is 5.76 Å². The number of aliphatic hydroxyl groups excluding tert-OH is 1. The number of anilines is 1. The molecule has 0 radical (unpaired) electrons. The summed E-state index contributed by atoms with van der Waals surface area (Å²) in [5, 5.41) is 12.4. The lowest BCUT2D eigenvalue weighted by molar-refractivity contribution is 0.235. The van der Waals surface area contributed by atoms with Crippen LogP contribution in [0, 0.1) is 0 Å². The van der Waals surface area contributed by atoms with Gasteiger partial charge < -0.3 is 15.2 Å². The van der Waals surface area contributed by atoms with Gasteiger partial charge in [-0.3, -0.25) is 10.9 Å². The van der Waals surface area contributed by atoms with E-state index in [1.807, 2.05) is 30.3 Å². The second-order valence-electron chi connectivity index (χ2n) is 5.19. The van der Waals surface area contributed by atoms with Gasteiger partial charge in [0.2, 0.25) is 0 Å². The lowest BCUT2D eigenvalue weighted by Gasteiger charge is -2.18. The summed E-state index contributed by atoms with van der Waals surface area (Å²) in [7, 11) is 1.59. The molecule has 0 spiro atoms. The monoisotopic (exact) mass is 327 g/mol. The van der Waals surface area contributed by atoms with Gasteiger partial charge in [0.25, 0.3) is 0 Å². The lowest BCUT2D eigenvalue weighted by atomic mass is 10.1. The molecule has 6 heteroatoms. The van der Waals surface area contributed by atoms with Crippen molar-refractivity contribution in [3.8, 4) is 5.75 Å². The third kappa shape index (κ3) is 5.24. The molecule has 1 unspecified atom stereocenters. The maximum atomic E-state index is 12.0. The molecule has 2 aromatic carbocycles. The normalized spacial score (nSPS) is 11.2. The van der Waals surface area contributed by atoms with E-state index in [1.54, 1.807) is 31.4 Å². The van der Waals surface area contributed by atoms with Gasteiger partial charge in [0.05, 0.1) is 18.8 Å². The van der Waals surface area contributed by atoms with Crippen molar-refractivity contribution in [2.75, 3.05) is 12.5 Å². The van der Waals surface area contributed by atoms with Crippen LogP contribution in [0.4, 0.5) is 10.5 Å². The molecule has 2 rings (SSSR count). The van der Waals surface area contributed by atoms with Crippen LogP contribution in [-0.4, -0.2) is 24.3 Å². The molecule has 0 aliphatic rings. The molecule has 6 nitrogen and oxygen atoms in total. The van der Waals surface area contributed by atoms with Crippen LogP contribution in [0.5, 0.6) is 5.75 Å². The van der Waals surface area contributed by atoms with Gasteiger partial charge in [-0.25, -0.2) is 4.79 Å². The zero-order valence-corrected chi connectivity index (χ0v) is 13.5. The maximum Gasteiger partial charge on any atom is 0.334 e. The van der Waals surface area contributed by atoms with Gasteiger partial charge >= 0.3 is 6.03 Å². The van der Waals surface area contributed by atoms with E-state index in [4.69, 9.17) is 4.74 Å². The topological polar surface area (TPSA) is 82.6 Å². The van der Waals surface area contributed by atoms with Crippen LogP contribution in [0.25, 0.3) is 0 Å². The Labute approximate surface area is 141 Å². The molecular formula is C18H21N3O3. The Hall–Kier alpha value is -3.15. The molecule has 0 heterocycles. The number of carbonyl (C=O) groups excluding carboxylic acids is 1. The largest absolute Gasteiger partial charge is 0.511 e. The highest BCUT2D eigenvalue weighted by Crippen LogP contribution is 2.14. The minimum atomic E-state index is -0.579. The Kier molecular flexibility index (Phi) is 6.08. The van der Waals surface area contributed by atoms with Crippen molar-refractivity contribution in [1.82, 2.24) is 10.7 Å². The number of nitrogens with one attached hydrogen (secondary N) is 3. The Morgan fingerprint density at radius 1 is 1.17 bits per heavy atom. The summed E-state index contributed by atoms with van der Waals surface area (Å²) in [5.41, 5.74) is 6.98. The van der Waals surface area contributed by atoms with E-state index < -0.39 is 12.1 Å². The SMILES string of the molecule is C=C(O)C(Cc1ccccc1)NC(=O)NNc1ccc(OC)cc1. The third-order valence-electron chi connectivity index (χ3n) is 3.40. The van der Waals surface area contributed by atoms with Gasteiger partial charge in [-0.1, -0.05) is 36.9 Å². The third-order valence-corrected chi connectivity index (χ3v) is 3.40. The number of hydrogen-bond acceptors (Lipinski definition) is 4. The molecule has 0 saturated heterocycles. The van der Waals surface area contributed by atoms with E-state index in [9.17, 15) is 9.90 Å². The van der Waals surface area contributed by atoms with E-state index in [1.165, 1.54) is 0 Å². The van der Waals surface area contributed by atoms with Gasteiger partial charge in [0, 0.05) is 0 Å². The first-order valence-corrected chi connectivity index (χ1v) is 7.46. The fraction of sp³-hybridized carbons (Fsp3) is 0.167. The molecule has 0 fully saturated rings. The highest BCUT2D eigenvalue weighted by Gasteiger charge is 2.15. The zero-order chi connectivity index (χ0) is 17.4. The fourth-order valence-corrected chi connectivity index (χ4v) is 2.10. The molecule has 2 aromatic rings. The number of urea groups is 1. The number of aliphatic hydroxyl groups is 1. The molecule has 0 bridgehead atoms. The quantitative estimate of drug-likeness (QED) is 0.465. The summed E-state index contributed by atoms with van der Waals surface area (Å²) in [4.78, 5) is 12.0. The highest BCUT2D eigenvalue weighted by molar-refractivity contribution is 5.76.